The molecule has 4 rings (SSSR count). The summed E-state index contributed by atoms with van der Waals surface area (Å²) in [5.74, 6) is 1.90. The van der Waals surface area contributed by atoms with Crippen LogP contribution in [0.5, 0.6) is 5.75 Å². The molecule has 0 saturated carbocycles. The number of amides is 1. The first-order valence-electron chi connectivity index (χ1n) is 10.4. The fraction of sp³-hybridized carbons (Fsp3) is 0.154. The fourth-order valence-corrected chi connectivity index (χ4v) is 3.41. The second-order valence-corrected chi connectivity index (χ2v) is 7.62. The van der Waals surface area contributed by atoms with Crippen LogP contribution in [0.4, 0.5) is 0 Å². The lowest BCUT2D eigenvalue weighted by Gasteiger charge is -2.12. The van der Waals surface area contributed by atoms with Crippen LogP contribution in [0.15, 0.2) is 89.5 Å². The number of carbonyl (C=O) groups is 1. The molecule has 1 aromatic heterocycles. The van der Waals surface area contributed by atoms with E-state index in [1.165, 1.54) is 0 Å². The van der Waals surface area contributed by atoms with Gasteiger partial charge < -0.3 is 14.5 Å². The van der Waals surface area contributed by atoms with Gasteiger partial charge in [0, 0.05) is 29.0 Å². The zero-order valence-corrected chi connectivity index (χ0v) is 18.2. The third kappa shape index (κ3) is 5.77. The van der Waals surface area contributed by atoms with Crippen molar-refractivity contribution < 1.29 is 13.9 Å². The van der Waals surface area contributed by atoms with E-state index in [0.717, 1.165) is 22.4 Å². The lowest BCUT2D eigenvalue weighted by molar-refractivity contribution is -0.121. The van der Waals surface area contributed by atoms with Crippen molar-refractivity contribution >= 4 is 17.5 Å². The lowest BCUT2D eigenvalue weighted by atomic mass is 10.1. The Morgan fingerprint density at radius 1 is 0.938 bits per heavy atom. The van der Waals surface area contributed by atoms with Gasteiger partial charge in [-0.1, -0.05) is 60.1 Å². The molecule has 162 valence electrons. The maximum absolute atomic E-state index is 12.2. The highest BCUT2D eigenvalue weighted by Crippen LogP contribution is 2.29. The Hall–Kier alpha value is -3.57. The minimum absolute atomic E-state index is 0.0730. The van der Waals surface area contributed by atoms with Gasteiger partial charge in [-0.15, -0.1) is 0 Å². The molecule has 0 aliphatic carbocycles. The third-order valence-corrected chi connectivity index (χ3v) is 5.15. The van der Waals surface area contributed by atoms with Crippen molar-refractivity contribution in [3.8, 4) is 28.2 Å². The molecule has 0 aliphatic rings. The summed E-state index contributed by atoms with van der Waals surface area (Å²) in [5.41, 5.74) is 3.02. The number of oxazole rings is 1. The number of halogens is 1. The largest absolute Gasteiger partial charge is 0.491 e. The number of ether oxygens (including phenoxy) is 1. The summed E-state index contributed by atoms with van der Waals surface area (Å²) >= 11 is 5.91. The molecule has 6 heteroatoms. The summed E-state index contributed by atoms with van der Waals surface area (Å²) < 4.78 is 11.7. The van der Waals surface area contributed by atoms with E-state index in [0.29, 0.717) is 42.7 Å². The van der Waals surface area contributed by atoms with Crippen LogP contribution in [0.25, 0.3) is 22.5 Å². The number of hydrogen-bond acceptors (Lipinski definition) is 4. The van der Waals surface area contributed by atoms with Gasteiger partial charge in [-0.2, -0.15) is 0 Å². The van der Waals surface area contributed by atoms with E-state index in [1.807, 2.05) is 66.7 Å². The van der Waals surface area contributed by atoms with Gasteiger partial charge in [0.15, 0.2) is 11.7 Å². The van der Waals surface area contributed by atoms with Crippen LogP contribution in [0.2, 0.25) is 5.02 Å². The van der Waals surface area contributed by atoms with Crippen molar-refractivity contribution in [2.24, 2.45) is 0 Å². The van der Waals surface area contributed by atoms with Crippen molar-refractivity contribution in [2.75, 3.05) is 13.2 Å². The molecule has 0 radical (unpaired) electrons. The first-order valence-corrected chi connectivity index (χ1v) is 10.8. The van der Waals surface area contributed by atoms with E-state index in [-0.39, 0.29) is 5.91 Å². The number of hydrogen-bond donors (Lipinski definition) is 1. The molecule has 0 aliphatic heterocycles. The summed E-state index contributed by atoms with van der Waals surface area (Å²) in [7, 11) is 0. The normalized spacial score (nSPS) is 10.7. The first kappa shape index (κ1) is 21.7. The van der Waals surface area contributed by atoms with E-state index in [9.17, 15) is 4.79 Å². The number of benzene rings is 3. The summed E-state index contributed by atoms with van der Waals surface area (Å²) in [6, 6.07) is 25.3. The number of aryl methyl sites for hydroxylation is 1. The standard InChI is InChI=1S/C26H23ClN2O3/c27-21-12-10-20(11-13-21)24-18-29-26(32-24)15-14-25(30)28-16-17-31-23-9-5-4-8-22(23)19-6-2-1-3-7-19/h1-13,18H,14-17H2,(H,28,30). The van der Waals surface area contributed by atoms with Gasteiger partial charge in [0.05, 0.1) is 12.7 Å². The lowest BCUT2D eigenvalue weighted by Crippen LogP contribution is -2.28. The maximum Gasteiger partial charge on any atom is 0.220 e. The SMILES string of the molecule is O=C(CCc1ncc(-c2ccc(Cl)cc2)o1)NCCOc1ccccc1-c1ccccc1. The average Bonchev–Trinajstić information content (AvgIpc) is 3.31. The van der Waals surface area contributed by atoms with Crippen molar-refractivity contribution in [1.29, 1.82) is 0 Å². The highest BCUT2D eigenvalue weighted by atomic mass is 35.5. The Bertz CT molecular complexity index is 1160. The zero-order valence-electron chi connectivity index (χ0n) is 17.5. The van der Waals surface area contributed by atoms with Crippen LogP contribution in [0.3, 0.4) is 0 Å². The predicted molar refractivity (Wildman–Crippen MR) is 126 cm³/mol. The van der Waals surface area contributed by atoms with E-state index >= 15 is 0 Å². The minimum Gasteiger partial charge on any atom is -0.491 e. The summed E-state index contributed by atoms with van der Waals surface area (Å²) in [5, 5.41) is 3.54. The second-order valence-electron chi connectivity index (χ2n) is 7.19. The van der Waals surface area contributed by atoms with Gasteiger partial charge in [-0.3, -0.25) is 4.79 Å². The summed E-state index contributed by atoms with van der Waals surface area (Å²) in [6.45, 7) is 0.804. The quantitative estimate of drug-likeness (QED) is 0.330. The predicted octanol–water partition coefficient (Wildman–Crippen LogP) is 5.79. The van der Waals surface area contributed by atoms with Crippen LogP contribution in [0, 0.1) is 0 Å². The first-order chi connectivity index (χ1) is 15.7. The smallest absolute Gasteiger partial charge is 0.220 e. The number of carbonyl (C=O) groups excluding carboxylic acids is 1. The molecule has 5 nitrogen and oxygen atoms in total. The molecule has 3 aromatic carbocycles. The van der Waals surface area contributed by atoms with E-state index < -0.39 is 0 Å². The van der Waals surface area contributed by atoms with Gasteiger partial charge in [0.1, 0.15) is 12.4 Å². The average molecular weight is 447 g/mol. The van der Waals surface area contributed by atoms with Crippen LogP contribution < -0.4 is 10.1 Å². The Balaban J connectivity index is 1.22. The number of rotatable bonds is 9. The monoisotopic (exact) mass is 446 g/mol. The number of aromatic nitrogens is 1. The van der Waals surface area contributed by atoms with E-state index in [4.69, 9.17) is 20.8 Å². The van der Waals surface area contributed by atoms with Crippen LogP contribution in [-0.2, 0) is 11.2 Å². The topological polar surface area (TPSA) is 64.4 Å². The van der Waals surface area contributed by atoms with Crippen molar-refractivity contribution in [3.05, 3.63) is 96.0 Å². The molecule has 0 spiro atoms. The van der Waals surface area contributed by atoms with Crippen LogP contribution in [0.1, 0.15) is 12.3 Å². The Morgan fingerprint density at radius 3 is 2.50 bits per heavy atom. The third-order valence-electron chi connectivity index (χ3n) is 4.90. The Kier molecular flexibility index (Phi) is 7.20. The summed E-state index contributed by atoms with van der Waals surface area (Å²) in [6.07, 6.45) is 2.38. The molecule has 0 saturated heterocycles. The van der Waals surface area contributed by atoms with Gasteiger partial charge in [0.2, 0.25) is 5.91 Å². The molecule has 0 bridgehead atoms. The molecule has 32 heavy (non-hydrogen) atoms. The van der Waals surface area contributed by atoms with Gasteiger partial charge in [-0.05, 0) is 35.9 Å². The van der Waals surface area contributed by atoms with Gasteiger partial charge in [0.25, 0.3) is 0 Å². The highest BCUT2D eigenvalue weighted by molar-refractivity contribution is 6.30. The number of nitrogens with zero attached hydrogens (tertiary/aromatic N) is 1. The molecule has 1 heterocycles. The van der Waals surface area contributed by atoms with Crippen molar-refractivity contribution in [3.63, 3.8) is 0 Å². The molecule has 0 fully saturated rings. The molecule has 1 N–H and O–H groups in total. The summed E-state index contributed by atoms with van der Waals surface area (Å²) in [4.78, 5) is 16.4. The van der Waals surface area contributed by atoms with Gasteiger partial charge >= 0.3 is 0 Å². The second kappa shape index (κ2) is 10.6. The van der Waals surface area contributed by atoms with Crippen molar-refractivity contribution in [2.45, 2.75) is 12.8 Å². The van der Waals surface area contributed by atoms with E-state index in [1.54, 1.807) is 18.3 Å². The van der Waals surface area contributed by atoms with Crippen LogP contribution >= 0.6 is 11.6 Å². The molecule has 4 aromatic rings. The highest BCUT2D eigenvalue weighted by Gasteiger charge is 2.10. The van der Waals surface area contributed by atoms with Gasteiger partial charge in [-0.25, -0.2) is 4.98 Å². The Labute approximate surface area is 192 Å². The fourth-order valence-electron chi connectivity index (χ4n) is 3.28. The zero-order chi connectivity index (χ0) is 22.2. The Morgan fingerprint density at radius 2 is 1.69 bits per heavy atom. The maximum atomic E-state index is 12.2. The molecule has 0 atom stereocenters. The van der Waals surface area contributed by atoms with Crippen molar-refractivity contribution in [1.82, 2.24) is 10.3 Å². The number of nitrogens with one attached hydrogen (secondary N) is 1. The molecular weight excluding hydrogens is 424 g/mol. The molecule has 1 amide bonds. The molecule has 0 unspecified atom stereocenters. The van der Waals surface area contributed by atoms with Crippen LogP contribution in [-0.4, -0.2) is 24.0 Å². The minimum atomic E-state index is -0.0730. The van der Waals surface area contributed by atoms with E-state index in [2.05, 4.69) is 10.3 Å². The molecular formula is C26H23ClN2O3. The number of para-hydroxylation sites is 1.